The molecule has 0 aliphatic rings. The first-order valence-corrected chi connectivity index (χ1v) is 5.87. The molecule has 0 aliphatic heterocycles. The number of nitro groups is 6. The van der Waals surface area contributed by atoms with Gasteiger partial charge in [-0.25, -0.2) is 0 Å². The van der Waals surface area contributed by atoms with E-state index in [1.807, 2.05) is 0 Å². The highest BCUT2D eigenvalue weighted by atomic mass is 16.8. The molecule has 0 aromatic carbocycles. The molecule has 146 valence electrons. The summed E-state index contributed by atoms with van der Waals surface area (Å²) in [4.78, 5) is 52.5. The predicted molar refractivity (Wildman–Crippen MR) is 68.8 cm³/mol. The second kappa shape index (κ2) is 7.93. The second-order valence-corrected chi connectivity index (χ2v) is 4.28. The van der Waals surface area contributed by atoms with E-state index in [9.17, 15) is 60.7 Å². The lowest BCUT2D eigenvalue weighted by Gasteiger charge is -2.15. The molecular weight excluding hydrogens is 380 g/mol. The highest BCUT2D eigenvalue weighted by Crippen LogP contribution is 2.17. The molecule has 0 aromatic heterocycles. The molecule has 0 N–H and O–H groups in total. The van der Waals surface area contributed by atoms with E-state index in [1.165, 1.54) is 0 Å². The first-order valence-electron chi connectivity index (χ1n) is 5.87. The maximum Gasteiger partial charge on any atom is 0.723 e. The van der Waals surface area contributed by atoms with Gasteiger partial charge < -0.3 is 9.47 Å². The molecule has 0 heterocycles. The minimum absolute atomic E-state index is 0.731. The fraction of sp³-hybridized carbons (Fsp3) is 1.00. The third-order valence-corrected chi connectivity index (χ3v) is 2.78. The fourth-order valence-corrected chi connectivity index (χ4v) is 1.22. The minimum atomic E-state index is -4.05. The van der Waals surface area contributed by atoms with Gasteiger partial charge in [-0.15, -0.1) is 0 Å². The monoisotopic (exact) mass is 388 g/mol. The van der Waals surface area contributed by atoms with Crippen molar-refractivity contribution in [3.8, 4) is 0 Å². The molecule has 0 rings (SSSR count). The smallest absolute Gasteiger partial charge is 0.330 e. The summed E-state index contributed by atoms with van der Waals surface area (Å²) in [5.74, 6) is -8.10. The minimum Gasteiger partial charge on any atom is -0.330 e. The normalized spacial score (nSPS) is 11.8. The molecule has 0 saturated carbocycles. The van der Waals surface area contributed by atoms with Crippen LogP contribution in [0.15, 0.2) is 0 Å². The Labute approximate surface area is 139 Å². The standard InChI is InChI=1S/C6H8N6O14/c1-4(25-2-5(7(13)14,8(15)16)9(17)18)26-3-6(10(19)20,11(21)22)12(23)24/h4H,2-3H2,1H3. The molecule has 0 spiro atoms. The topological polar surface area (TPSA) is 277 Å². The summed E-state index contributed by atoms with van der Waals surface area (Å²) in [6.07, 6.45) is -1.99. The van der Waals surface area contributed by atoms with E-state index in [1.54, 1.807) is 0 Å². The van der Waals surface area contributed by atoms with Crippen LogP contribution in [0, 0.1) is 60.7 Å². The number of rotatable bonds is 12. The summed E-state index contributed by atoms with van der Waals surface area (Å²) in [6, 6.07) is 0. The van der Waals surface area contributed by atoms with Gasteiger partial charge in [0.2, 0.25) is 0 Å². The van der Waals surface area contributed by atoms with Crippen LogP contribution in [0.1, 0.15) is 6.92 Å². The molecule has 20 nitrogen and oxygen atoms in total. The summed E-state index contributed by atoms with van der Waals surface area (Å²) in [5.41, 5.74) is 0. The zero-order valence-electron chi connectivity index (χ0n) is 12.4. The zero-order chi connectivity index (χ0) is 20.9. The van der Waals surface area contributed by atoms with Crippen molar-refractivity contribution in [2.45, 2.75) is 24.8 Å². The van der Waals surface area contributed by atoms with Crippen LogP contribution in [0.4, 0.5) is 0 Å². The van der Waals surface area contributed by atoms with Crippen molar-refractivity contribution in [1.82, 2.24) is 0 Å². The first kappa shape index (κ1) is 22.3. The number of hydrogen-bond donors (Lipinski definition) is 0. The van der Waals surface area contributed by atoms with Gasteiger partial charge in [-0.3, -0.25) is 60.7 Å². The molecule has 0 radical (unpaired) electrons. The quantitative estimate of drug-likeness (QED) is 0.205. The molecule has 0 aromatic rings. The Kier molecular flexibility index (Phi) is 6.81. The zero-order valence-corrected chi connectivity index (χ0v) is 12.4. The third kappa shape index (κ3) is 3.86. The highest BCUT2D eigenvalue weighted by molar-refractivity contribution is 4.55. The van der Waals surface area contributed by atoms with Crippen LogP contribution in [0.3, 0.4) is 0 Å². The van der Waals surface area contributed by atoms with Crippen LogP contribution in [-0.4, -0.2) is 60.6 Å². The lowest BCUT2D eigenvalue weighted by atomic mass is 10.4. The predicted octanol–water partition coefficient (Wildman–Crippen LogP) is -1.67. The van der Waals surface area contributed by atoms with Gasteiger partial charge in [-0.2, -0.15) is 0 Å². The van der Waals surface area contributed by atoms with Crippen molar-refractivity contribution >= 4 is 0 Å². The van der Waals surface area contributed by atoms with Crippen LogP contribution in [0.2, 0.25) is 0 Å². The van der Waals surface area contributed by atoms with Gasteiger partial charge in [0.05, 0.1) is 0 Å². The van der Waals surface area contributed by atoms with E-state index in [4.69, 9.17) is 0 Å². The van der Waals surface area contributed by atoms with Gasteiger partial charge in [0, 0.05) is 0 Å². The van der Waals surface area contributed by atoms with E-state index >= 15 is 0 Å². The number of nitrogens with zero attached hydrogens (tertiary/aromatic N) is 6. The summed E-state index contributed by atoms with van der Waals surface area (Å²) < 4.78 is 8.62. The Hall–Kier alpha value is -3.68. The van der Waals surface area contributed by atoms with Gasteiger partial charge >= 0.3 is 11.6 Å². The van der Waals surface area contributed by atoms with E-state index in [-0.39, 0.29) is 0 Å². The Morgan fingerprint density at radius 3 is 0.962 bits per heavy atom. The van der Waals surface area contributed by atoms with E-state index in [0.29, 0.717) is 0 Å². The van der Waals surface area contributed by atoms with E-state index in [2.05, 4.69) is 9.47 Å². The van der Waals surface area contributed by atoms with Crippen molar-refractivity contribution in [1.29, 1.82) is 0 Å². The van der Waals surface area contributed by atoms with Gasteiger partial charge in [0.15, 0.2) is 35.8 Å². The molecule has 0 fully saturated rings. The van der Waals surface area contributed by atoms with Crippen molar-refractivity contribution in [3.05, 3.63) is 60.7 Å². The molecule has 0 unspecified atom stereocenters. The molecule has 0 saturated heterocycles. The average molecular weight is 388 g/mol. The lowest BCUT2D eigenvalue weighted by molar-refractivity contribution is -0.972. The SMILES string of the molecule is CC(OCC([N+](=O)[O-])([N+](=O)[O-])[N+](=O)[O-])OCC([N+](=O)[O-])([N+](=O)[O-])[N+](=O)[O-]. The second-order valence-electron chi connectivity index (χ2n) is 4.28. The summed E-state index contributed by atoms with van der Waals surface area (Å²) in [5, 5.41) is 63.8. The summed E-state index contributed by atoms with van der Waals surface area (Å²) in [7, 11) is 0. The van der Waals surface area contributed by atoms with Crippen LogP contribution < -0.4 is 0 Å². The average Bonchev–Trinajstić information content (AvgIpc) is 2.45. The Balaban J connectivity index is 5.29. The van der Waals surface area contributed by atoms with Crippen LogP contribution in [0.5, 0.6) is 0 Å². The van der Waals surface area contributed by atoms with Gasteiger partial charge in [0.1, 0.15) is 0 Å². The van der Waals surface area contributed by atoms with Crippen LogP contribution in [0.25, 0.3) is 0 Å². The van der Waals surface area contributed by atoms with Gasteiger partial charge in [-0.05, 0) is 6.92 Å². The molecule has 0 amide bonds. The molecule has 0 bridgehead atoms. The summed E-state index contributed by atoms with van der Waals surface area (Å²) in [6.45, 7) is -2.96. The van der Waals surface area contributed by atoms with Crippen molar-refractivity contribution in [3.63, 3.8) is 0 Å². The van der Waals surface area contributed by atoms with Gasteiger partial charge in [0.25, 0.3) is 13.2 Å². The van der Waals surface area contributed by atoms with E-state index < -0.39 is 60.6 Å². The third-order valence-electron chi connectivity index (χ3n) is 2.78. The van der Waals surface area contributed by atoms with Crippen molar-refractivity contribution in [2.24, 2.45) is 0 Å². The van der Waals surface area contributed by atoms with Crippen LogP contribution in [-0.2, 0) is 9.47 Å². The van der Waals surface area contributed by atoms with E-state index in [0.717, 1.165) is 6.92 Å². The Morgan fingerprint density at radius 2 is 0.808 bits per heavy atom. The van der Waals surface area contributed by atoms with Crippen LogP contribution >= 0.6 is 0 Å². The molecule has 26 heavy (non-hydrogen) atoms. The van der Waals surface area contributed by atoms with Gasteiger partial charge in [-0.1, -0.05) is 0 Å². The molecule has 0 aliphatic carbocycles. The largest absolute Gasteiger partial charge is 0.723 e. The Bertz CT molecular complexity index is 520. The van der Waals surface area contributed by atoms with Crippen molar-refractivity contribution < 1.29 is 39.0 Å². The Morgan fingerprint density at radius 1 is 0.615 bits per heavy atom. The maximum absolute atomic E-state index is 10.6. The summed E-state index contributed by atoms with van der Waals surface area (Å²) >= 11 is 0. The molecular formula is C6H8N6O14. The number of ether oxygens (including phenoxy) is 2. The van der Waals surface area contributed by atoms with Crippen molar-refractivity contribution in [2.75, 3.05) is 13.2 Å². The maximum atomic E-state index is 10.6. The molecule has 20 heteroatoms. The first-order chi connectivity index (χ1) is 11.8. The lowest BCUT2D eigenvalue weighted by Crippen LogP contribution is -2.58. The highest BCUT2D eigenvalue weighted by Gasteiger charge is 2.72. The number of hydrogen-bond acceptors (Lipinski definition) is 14. The fourth-order valence-electron chi connectivity index (χ4n) is 1.22. The molecule has 0 atom stereocenters.